The first kappa shape index (κ1) is 6.73. The van der Waals surface area contributed by atoms with Crippen molar-refractivity contribution in [2.45, 2.75) is 13.8 Å². The van der Waals surface area contributed by atoms with E-state index in [1.807, 2.05) is 20.0 Å². The molecule has 0 aromatic carbocycles. The third-order valence-electron chi connectivity index (χ3n) is 1.49. The predicted octanol–water partition coefficient (Wildman–Crippen LogP) is 2.31. The fourth-order valence-electron chi connectivity index (χ4n) is 1.03. The largest absolute Gasteiger partial charge is 0.236 e. The van der Waals surface area contributed by atoms with Crippen LogP contribution in [-0.2, 0) is 0 Å². The van der Waals surface area contributed by atoms with E-state index in [0.717, 1.165) is 10.7 Å². The molecule has 0 saturated carbocycles. The van der Waals surface area contributed by atoms with Gasteiger partial charge >= 0.3 is 0 Å². The predicted molar refractivity (Wildman–Crippen MR) is 46.9 cm³/mol. The van der Waals surface area contributed by atoms with Crippen molar-refractivity contribution >= 4 is 21.7 Å². The summed E-state index contributed by atoms with van der Waals surface area (Å²) >= 11 is 1.69. The summed E-state index contributed by atoms with van der Waals surface area (Å²) in [5.41, 5.74) is 2.07. The zero-order chi connectivity index (χ0) is 7.84. The fourth-order valence-corrected chi connectivity index (χ4v) is 1.91. The summed E-state index contributed by atoms with van der Waals surface area (Å²) in [6.07, 6.45) is 1.85. The first-order valence-electron chi connectivity index (χ1n) is 3.45. The lowest BCUT2D eigenvalue weighted by molar-refractivity contribution is 1.25. The van der Waals surface area contributed by atoms with E-state index in [-0.39, 0.29) is 0 Å². The second kappa shape index (κ2) is 2.27. The van der Waals surface area contributed by atoms with Crippen LogP contribution < -0.4 is 0 Å². The van der Waals surface area contributed by atoms with Crippen LogP contribution in [0.2, 0.25) is 0 Å². The Morgan fingerprint density at radius 1 is 1.36 bits per heavy atom. The monoisotopic (exact) mass is 164 g/mol. The molecule has 3 heteroatoms. The molecule has 0 spiro atoms. The van der Waals surface area contributed by atoms with Gasteiger partial charge in [0.15, 0.2) is 5.65 Å². The third-order valence-corrected chi connectivity index (χ3v) is 2.40. The van der Waals surface area contributed by atoms with Crippen LogP contribution in [0.4, 0.5) is 0 Å². The van der Waals surface area contributed by atoms with Gasteiger partial charge in [-0.05, 0) is 25.5 Å². The summed E-state index contributed by atoms with van der Waals surface area (Å²) in [5.74, 6) is 0. The summed E-state index contributed by atoms with van der Waals surface area (Å²) < 4.78 is 1.18. The number of hydrogen-bond acceptors (Lipinski definition) is 3. The minimum Gasteiger partial charge on any atom is -0.236 e. The molecule has 0 saturated heterocycles. The maximum absolute atomic E-state index is 4.26. The molecule has 0 unspecified atom stereocenters. The van der Waals surface area contributed by atoms with E-state index >= 15 is 0 Å². The van der Waals surface area contributed by atoms with Gasteiger partial charge in [-0.2, -0.15) is 0 Å². The van der Waals surface area contributed by atoms with E-state index in [2.05, 4.69) is 16.0 Å². The summed E-state index contributed by atoms with van der Waals surface area (Å²) in [4.78, 5) is 8.46. The van der Waals surface area contributed by atoms with Crippen molar-refractivity contribution in [1.82, 2.24) is 9.97 Å². The van der Waals surface area contributed by atoms with Gasteiger partial charge in [-0.15, -0.1) is 11.3 Å². The molecule has 0 aliphatic rings. The maximum atomic E-state index is 4.26. The number of hydrogen-bond donors (Lipinski definition) is 0. The van der Waals surface area contributed by atoms with Gasteiger partial charge in [0, 0.05) is 6.20 Å². The smallest absolute Gasteiger partial charge is 0.170 e. The summed E-state index contributed by atoms with van der Waals surface area (Å²) in [5, 5.41) is 1.08. The zero-order valence-corrected chi connectivity index (χ0v) is 7.27. The first-order valence-corrected chi connectivity index (χ1v) is 4.27. The number of rotatable bonds is 0. The molecule has 0 fully saturated rings. The highest BCUT2D eigenvalue weighted by Gasteiger charge is 1.99. The van der Waals surface area contributed by atoms with Crippen LogP contribution in [0.25, 0.3) is 10.3 Å². The number of aryl methyl sites for hydroxylation is 2. The molecule has 0 radical (unpaired) electrons. The number of nitrogens with zero attached hydrogens (tertiary/aromatic N) is 2. The number of thiazole rings is 1. The summed E-state index contributed by atoms with van der Waals surface area (Å²) in [6, 6.07) is 2.12. The molecule has 11 heavy (non-hydrogen) atoms. The van der Waals surface area contributed by atoms with Crippen molar-refractivity contribution in [2.75, 3.05) is 0 Å². The van der Waals surface area contributed by atoms with E-state index < -0.39 is 0 Å². The van der Waals surface area contributed by atoms with E-state index in [9.17, 15) is 0 Å². The van der Waals surface area contributed by atoms with Gasteiger partial charge in [-0.25, -0.2) is 9.97 Å². The average molecular weight is 164 g/mol. The molecule has 0 aliphatic heterocycles. The van der Waals surface area contributed by atoms with Gasteiger partial charge in [0.2, 0.25) is 0 Å². The second-order valence-corrected chi connectivity index (χ2v) is 3.80. The summed E-state index contributed by atoms with van der Waals surface area (Å²) in [7, 11) is 0. The van der Waals surface area contributed by atoms with E-state index in [1.54, 1.807) is 11.3 Å². The molecule has 0 amide bonds. The van der Waals surface area contributed by atoms with E-state index in [4.69, 9.17) is 0 Å². The Balaban J connectivity index is 2.82. The van der Waals surface area contributed by atoms with Crippen molar-refractivity contribution in [3.63, 3.8) is 0 Å². The van der Waals surface area contributed by atoms with Gasteiger partial charge in [0.05, 0.1) is 9.71 Å². The van der Waals surface area contributed by atoms with Crippen molar-refractivity contribution in [1.29, 1.82) is 0 Å². The highest BCUT2D eigenvalue weighted by atomic mass is 32.1. The molecule has 2 rings (SSSR count). The standard InChI is InChI=1S/C8H8N2S/c1-5-3-7-8(9-4-5)10-6(2)11-7/h3-4H,1-2H3. The minimum absolute atomic E-state index is 0.873. The van der Waals surface area contributed by atoms with Gasteiger partial charge in [-0.3, -0.25) is 0 Å². The van der Waals surface area contributed by atoms with Crippen LogP contribution in [0.3, 0.4) is 0 Å². The molecule has 0 aliphatic carbocycles. The fraction of sp³-hybridized carbons (Fsp3) is 0.250. The maximum Gasteiger partial charge on any atom is 0.170 e. The molecular formula is C8H8N2S. The SMILES string of the molecule is Cc1cnc2nc(C)sc2c1. The normalized spacial score (nSPS) is 10.7. The molecule has 0 bridgehead atoms. The van der Waals surface area contributed by atoms with Crippen molar-refractivity contribution in [3.8, 4) is 0 Å². The van der Waals surface area contributed by atoms with E-state index in [0.29, 0.717) is 0 Å². The average Bonchev–Trinajstić information content (AvgIpc) is 2.27. The van der Waals surface area contributed by atoms with Crippen LogP contribution in [-0.4, -0.2) is 9.97 Å². The molecule has 56 valence electrons. The van der Waals surface area contributed by atoms with Crippen molar-refractivity contribution in [2.24, 2.45) is 0 Å². The Hall–Kier alpha value is -0.960. The second-order valence-electron chi connectivity index (χ2n) is 2.57. The lowest BCUT2D eigenvalue weighted by atomic mass is 10.3. The van der Waals surface area contributed by atoms with Gasteiger partial charge in [-0.1, -0.05) is 0 Å². The molecule has 2 aromatic rings. The molecule has 2 aromatic heterocycles. The Bertz CT molecular complexity index is 392. The molecule has 2 heterocycles. The quantitative estimate of drug-likeness (QED) is 0.597. The zero-order valence-electron chi connectivity index (χ0n) is 6.46. The van der Waals surface area contributed by atoms with Crippen molar-refractivity contribution in [3.05, 3.63) is 22.8 Å². The Morgan fingerprint density at radius 3 is 3.00 bits per heavy atom. The van der Waals surface area contributed by atoms with Crippen LogP contribution >= 0.6 is 11.3 Å². The Kier molecular flexibility index (Phi) is 1.39. The van der Waals surface area contributed by atoms with Crippen molar-refractivity contribution < 1.29 is 0 Å². The number of fused-ring (bicyclic) bond motifs is 1. The number of pyridine rings is 1. The van der Waals surface area contributed by atoms with Crippen LogP contribution in [0.5, 0.6) is 0 Å². The van der Waals surface area contributed by atoms with Crippen LogP contribution in [0.1, 0.15) is 10.6 Å². The molecule has 2 nitrogen and oxygen atoms in total. The van der Waals surface area contributed by atoms with Gasteiger partial charge in [0.25, 0.3) is 0 Å². The Labute approximate surface area is 68.9 Å². The highest BCUT2D eigenvalue weighted by Crippen LogP contribution is 2.19. The highest BCUT2D eigenvalue weighted by molar-refractivity contribution is 7.18. The summed E-state index contributed by atoms with van der Waals surface area (Å²) in [6.45, 7) is 4.04. The third kappa shape index (κ3) is 1.12. The van der Waals surface area contributed by atoms with Crippen LogP contribution in [0.15, 0.2) is 12.3 Å². The lowest BCUT2D eigenvalue weighted by Crippen LogP contribution is -1.77. The van der Waals surface area contributed by atoms with Crippen LogP contribution in [0, 0.1) is 13.8 Å². The Morgan fingerprint density at radius 2 is 2.18 bits per heavy atom. The first-order chi connectivity index (χ1) is 5.25. The van der Waals surface area contributed by atoms with Gasteiger partial charge in [0.1, 0.15) is 0 Å². The minimum atomic E-state index is 0.873. The van der Waals surface area contributed by atoms with E-state index in [1.165, 1.54) is 10.3 Å². The number of aromatic nitrogens is 2. The van der Waals surface area contributed by atoms with Gasteiger partial charge < -0.3 is 0 Å². The molecule has 0 N–H and O–H groups in total. The topological polar surface area (TPSA) is 25.8 Å². The lowest BCUT2D eigenvalue weighted by Gasteiger charge is -1.87. The molecule has 0 atom stereocenters. The molecular weight excluding hydrogens is 156 g/mol.